The molecule has 0 amide bonds. The third-order valence-electron chi connectivity index (χ3n) is 1.67. The molecule has 0 saturated heterocycles. The number of hydrogen-bond acceptors (Lipinski definition) is 1. The van der Waals surface area contributed by atoms with Crippen LogP contribution >= 0.6 is 0 Å². The summed E-state index contributed by atoms with van der Waals surface area (Å²) in [6.45, 7) is 3.22. The van der Waals surface area contributed by atoms with Gasteiger partial charge in [0.1, 0.15) is 0 Å². The molecule has 0 spiro atoms. The average molecular weight is 207 g/mol. The molecule has 0 aliphatic carbocycles. The van der Waals surface area contributed by atoms with Crippen LogP contribution in [-0.4, -0.2) is 12.6 Å². The maximum atomic E-state index is 13.1. The van der Waals surface area contributed by atoms with Gasteiger partial charge in [-0.25, -0.2) is 0 Å². The summed E-state index contributed by atoms with van der Waals surface area (Å²) in [5.41, 5.74) is 0.748. The zero-order chi connectivity index (χ0) is 11.1. The van der Waals surface area contributed by atoms with Gasteiger partial charge in [0, 0.05) is 6.08 Å². The number of benzene rings is 1. The smallest absolute Gasteiger partial charge is 0.315 e. The predicted molar refractivity (Wildman–Crippen MR) is 56.2 cm³/mol. The lowest BCUT2D eigenvalue weighted by molar-refractivity contribution is -0.282. The highest BCUT2D eigenvalue weighted by Gasteiger charge is 2.24. The fourth-order valence-corrected chi connectivity index (χ4v) is 0.981. The first kappa shape index (κ1) is 11.6. The largest absolute Gasteiger partial charge is 0.369 e. The van der Waals surface area contributed by atoms with Crippen LogP contribution in [0.4, 0.5) is 4.39 Å². The van der Waals surface area contributed by atoms with Gasteiger partial charge in [-0.3, -0.25) is 0 Å². The summed E-state index contributed by atoms with van der Waals surface area (Å²) in [4.78, 5) is 0. The van der Waals surface area contributed by atoms with E-state index >= 15 is 0 Å². The Kier molecular flexibility index (Phi) is 4.21. The molecule has 1 unspecified atom stereocenters. The maximum absolute atomic E-state index is 13.1. The van der Waals surface area contributed by atoms with Crippen molar-refractivity contribution in [2.24, 2.45) is 0 Å². The Hall–Kier alpha value is -1.45. The van der Waals surface area contributed by atoms with Crippen LogP contribution in [0.3, 0.4) is 0 Å². The van der Waals surface area contributed by atoms with Gasteiger partial charge in [0.25, 0.3) is 0 Å². The lowest BCUT2D eigenvalue weighted by atomic mass is 10.2. The normalized spacial score (nSPS) is 15.1. The standard InChI is InChI=1S/C12H12FO2/c1-2-10-15-12(13,14)9-8-11-6-4-3-5-7-11/h2-9H,1,10H2. The second-order valence-electron chi connectivity index (χ2n) is 2.93. The molecular formula is C12H12FO2. The molecule has 0 aliphatic rings. The van der Waals surface area contributed by atoms with Gasteiger partial charge in [0.2, 0.25) is 0 Å². The van der Waals surface area contributed by atoms with Gasteiger partial charge in [-0.05, 0) is 5.56 Å². The van der Waals surface area contributed by atoms with E-state index in [9.17, 15) is 9.50 Å². The second-order valence-corrected chi connectivity index (χ2v) is 2.93. The van der Waals surface area contributed by atoms with Gasteiger partial charge in [-0.2, -0.15) is 9.50 Å². The first-order valence-corrected chi connectivity index (χ1v) is 4.52. The number of hydrogen-bond donors (Lipinski definition) is 0. The van der Waals surface area contributed by atoms with Crippen LogP contribution in [0.5, 0.6) is 0 Å². The summed E-state index contributed by atoms with van der Waals surface area (Å²) in [6, 6.07) is 5.97. The van der Waals surface area contributed by atoms with Gasteiger partial charge in [-0.15, -0.1) is 6.58 Å². The Morgan fingerprint density at radius 3 is 2.67 bits per heavy atom. The van der Waals surface area contributed by atoms with Crippen molar-refractivity contribution in [2.45, 2.75) is 6.04 Å². The molecule has 0 aromatic heterocycles. The van der Waals surface area contributed by atoms with E-state index < -0.39 is 6.04 Å². The average Bonchev–Trinajstić information content (AvgIpc) is 2.25. The Balaban J connectivity index is 2.60. The first-order valence-electron chi connectivity index (χ1n) is 4.52. The number of halogens is 1. The molecule has 0 saturated carbocycles. The SMILES string of the molecule is C=CCOC([O])(F)C=Cc1ccccc1. The summed E-state index contributed by atoms with van der Waals surface area (Å²) in [6.07, 6.45) is 3.55. The third-order valence-corrected chi connectivity index (χ3v) is 1.67. The van der Waals surface area contributed by atoms with E-state index in [1.54, 1.807) is 24.3 Å². The molecule has 79 valence electrons. The van der Waals surface area contributed by atoms with Crippen LogP contribution in [-0.2, 0) is 9.84 Å². The molecular weight excluding hydrogens is 195 g/mol. The minimum absolute atomic E-state index is 0.112. The van der Waals surface area contributed by atoms with E-state index in [0.717, 1.165) is 11.6 Å². The molecule has 1 rings (SSSR count). The fraction of sp³-hybridized carbons (Fsp3) is 0.167. The molecule has 0 fully saturated rings. The lowest BCUT2D eigenvalue weighted by Crippen LogP contribution is -2.21. The van der Waals surface area contributed by atoms with E-state index in [4.69, 9.17) is 0 Å². The molecule has 1 aromatic rings. The highest BCUT2D eigenvalue weighted by Crippen LogP contribution is 2.14. The van der Waals surface area contributed by atoms with Crippen molar-refractivity contribution in [1.82, 2.24) is 0 Å². The molecule has 1 atom stereocenters. The van der Waals surface area contributed by atoms with E-state index in [1.807, 2.05) is 6.07 Å². The van der Waals surface area contributed by atoms with Crippen molar-refractivity contribution in [3.63, 3.8) is 0 Å². The summed E-state index contributed by atoms with van der Waals surface area (Å²) in [5.74, 6) is 0. The maximum Gasteiger partial charge on any atom is 0.369 e. The number of alkyl halides is 1. The second kappa shape index (κ2) is 5.44. The van der Waals surface area contributed by atoms with E-state index in [0.29, 0.717) is 0 Å². The van der Waals surface area contributed by atoms with Gasteiger partial charge in [0.05, 0.1) is 6.61 Å². The van der Waals surface area contributed by atoms with Crippen molar-refractivity contribution in [3.8, 4) is 0 Å². The Morgan fingerprint density at radius 2 is 2.07 bits per heavy atom. The minimum Gasteiger partial charge on any atom is -0.315 e. The molecule has 0 aliphatic heterocycles. The Labute approximate surface area is 88.3 Å². The van der Waals surface area contributed by atoms with E-state index in [-0.39, 0.29) is 6.61 Å². The van der Waals surface area contributed by atoms with Crippen LogP contribution < -0.4 is 0 Å². The molecule has 0 N–H and O–H groups in total. The molecule has 15 heavy (non-hydrogen) atoms. The van der Waals surface area contributed by atoms with Crippen molar-refractivity contribution in [3.05, 3.63) is 54.6 Å². The Morgan fingerprint density at radius 1 is 1.40 bits per heavy atom. The lowest BCUT2D eigenvalue weighted by Gasteiger charge is -2.10. The molecule has 0 bridgehead atoms. The molecule has 3 heteroatoms. The zero-order valence-corrected chi connectivity index (χ0v) is 8.23. The van der Waals surface area contributed by atoms with Crippen LogP contribution in [0.1, 0.15) is 5.56 Å². The third kappa shape index (κ3) is 4.54. The highest BCUT2D eigenvalue weighted by molar-refractivity contribution is 5.49. The summed E-state index contributed by atoms with van der Waals surface area (Å²) >= 11 is 0. The van der Waals surface area contributed by atoms with E-state index in [2.05, 4.69) is 11.3 Å². The van der Waals surface area contributed by atoms with Gasteiger partial charge in [0.15, 0.2) is 0 Å². The monoisotopic (exact) mass is 207 g/mol. The Bertz CT molecular complexity index is 331. The summed E-state index contributed by atoms with van der Waals surface area (Å²) in [5, 5.41) is 11.0. The van der Waals surface area contributed by atoms with Crippen molar-refractivity contribution >= 4 is 6.08 Å². The number of rotatable bonds is 5. The molecule has 1 radical (unpaired) electrons. The van der Waals surface area contributed by atoms with Gasteiger partial charge in [-0.1, -0.05) is 42.5 Å². The van der Waals surface area contributed by atoms with Crippen LogP contribution in [0.15, 0.2) is 49.1 Å². The highest BCUT2D eigenvalue weighted by atomic mass is 19.2. The van der Waals surface area contributed by atoms with Crippen molar-refractivity contribution < 1.29 is 14.2 Å². The molecule has 2 nitrogen and oxygen atoms in total. The first-order chi connectivity index (χ1) is 7.14. The predicted octanol–water partition coefficient (Wildman–Crippen LogP) is 2.96. The number of ether oxygens (including phenoxy) is 1. The van der Waals surface area contributed by atoms with Crippen LogP contribution in [0.2, 0.25) is 0 Å². The topological polar surface area (TPSA) is 29.1 Å². The van der Waals surface area contributed by atoms with Crippen LogP contribution in [0.25, 0.3) is 6.08 Å². The van der Waals surface area contributed by atoms with Gasteiger partial charge < -0.3 is 4.74 Å². The quantitative estimate of drug-likeness (QED) is 0.539. The summed E-state index contributed by atoms with van der Waals surface area (Å²) < 4.78 is 17.4. The van der Waals surface area contributed by atoms with E-state index in [1.165, 1.54) is 12.2 Å². The minimum atomic E-state index is -3.00. The fourth-order valence-electron chi connectivity index (χ4n) is 0.981. The van der Waals surface area contributed by atoms with Crippen molar-refractivity contribution in [1.29, 1.82) is 0 Å². The van der Waals surface area contributed by atoms with Crippen LogP contribution in [0, 0.1) is 0 Å². The van der Waals surface area contributed by atoms with Crippen molar-refractivity contribution in [2.75, 3.05) is 6.61 Å². The molecule has 0 heterocycles. The zero-order valence-electron chi connectivity index (χ0n) is 8.23. The summed E-state index contributed by atoms with van der Waals surface area (Å²) in [7, 11) is 0. The van der Waals surface area contributed by atoms with Gasteiger partial charge >= 0.3 is 6.04 Å². The molecule has 1 aromatic carbocycles.